The Bertz CT molecular complexity index is 1070. The average molecular weight is 512 g/mol. The van der Waals surface area contributed by atoms with Crippen molar-refractivity contribution >= 4 is 16.3 Å². The molecular weight excluding hydrogens is 499 g/mol. The molecule has 2 nitrogen and oxygen atoms in total. The van der Waals surface area contributed by atoms with Crippen molar-refractivity contribution in [2.45, 2.75) is 34.5 Å². The lowest BCUT2D eigenvalue weighted by atomic mass is 10.3. The van der Waals surface area contributed by atoms with E-state index in [1.165, 1.54) is 6.92 Å². The molecule has 0 bridgehead atoms. The fraction of sp³-hybridized carbons (Fsp3) is 0.136. The molecule has 0 N–H and O–H groups in total. The molecule has 0 unspecified atom stereocenters. The van der Waals surface area contributed by atoms with E-state index in [-0.39, 0.29) is 42.8 Å². The van der Waals surface area contributed by atoms with Gasteiger partial charge in [0.05, 0.1) is 0 Å². The second kappa shape index (κ2) is 9.61. The smallest absolute Gasteiger partial charge is 0.317 e. The number of carbonyl (C=O) groups excluding carboxylic acids is 1. The Morgan fingerprint density at radius 2 is 0.882 bits per heavy atom. The van der Waals surface area contributed by atoms with Crippen LogP contribution in [0.2, 0.25) is 0 Å². The average Bonchev–Trinajstić information content (AvgIpc) is 2.65. The second-order valence-electron chi connectivity index (χ2n) is 6.86. The molecule has 34 heavy (non-hydrogen) atoms. The molecule has 0 radical (unpaired) electrons. The fourth-order valence-electron chi connectivity index (χ4n) is 3.23. The Morgan fingerprint density at radius 1 is 0.618 bits per heavy atom. The first-order valence-electron chi connectivity index (χ1n) is 9.41. The van der Waals surface area contributed by atoms with Gasteiger partial charge in [-0.15, -0.1) is 0 Å². The molecule has 182 valence electrons. The number of rotatable bonds is 6. The summed E-state index contributed by atoms with van der Waals surface area (Å²) in [7, 11) is -5.09. The highest BCUT2D eigenvalue weighted by Gasteiger charge is 2.48. The van der Waals surface area contributed by atoms with Crippen molar-refractivity contribution in [2.75, 3.05) is 0 Å². The summed E-state index contributed by atoms with van der Waals surface area (Å²) in [5.74, 6) is -17.5. The van der Waals surface area contributed by atoms with Crippen LogP contribution in [0.1, 0.15) is 19.8 Å². The number of hydrogen-bond acceptors (Lipinski definition) is 2. The molecule has 0 aliphatic heterocycles. The quantitative estimate of drug-likeness (QED) is 0.320. The summed E-state index contributed by atoms with van der Waals surface area (Å²) >= 11 is 0. The predicted octanol–water partition coefficient (Wildman–Crippen LogP) is 7.48. The van der Waals surface area contributed by atoms with Gasteiger partial charge >= 0.3 is 5.97 Å². The molecular formula is C22H13F9O2S. The molecule has 0 spiro atoms. The van der Waals surface area contributed by atoms with Crippen molar-refractivity contribution in [1.29, 1.82) is 0 Å². The lowest BCUT2D eigenvalue weighted by Gasteiger charge is -2.40. The lowest BCUT2D eigenvalue weighted by molar-refractivity contribution is -0.133. The van der Waals surface area contributed by atoms with Crippen LogP contribution in [0.25, 0.3) is 0 Å². The first-order chi connectivity index (χ1) is 15.9. The monoisotopic (exact) mass is 512 g/mol. The zero-order valence-electron chi connectivity index (χ0n) is 17.0. The number of benzene rings is 3. The largest absolute Gasteiger partial charge is 0.401 e. The van der Waals surface area contributed by atoms with Gasteiger partial charge in [-0.05, 0) is 6.42 Å². The van der Waals surface area contributed by atoms with Crippen LogP contribution in [0.15, 0.2) is 51.1 Å². The fourth-order valence-corrected chi connectivity index (χ4v) is 6.45. The topological polar surface area (TPSA) is 26.3 Å². The van der Waals surface area contributed by atoms with Crippen LogP contribution >= 0.6 is 10.3 Å². The Hall–Kier alpha value is -3.15. The van der Waals surface area contributed by atoms with E-state index < -0.39 is 89.7 Å². The van der Waals surface area contributed by atoms with E-state index in [0.29, 0.717) is 0 Å². The summed E-state index contributed by atoms with van der Waals surface area (Å²) in [5, 5.41) is 0. The molecule has 0 aliphatic rings. The highest BCUT2D eigenvalue weighted by Crippen LogP contribution is 2.72. The van der Waals surface area contributed by atoms with Crippen LogP contribution in [-0.2, 0) is 8.98 Å². The van der Waals surface area contributed by atoms with Crippen LogP contribution in [0, 0.1) is 52.4 Å². The molecule has 12 heteroatoms. The second-order valence-corrected chi connectivity index (χ2v) is 9.36. The Morgan fingerprint density at radius 3 is 1.12 bits per heavy atom. The third kappa shape index (κ3) is 4.46. The first kappa shape index (κ1) is 25.5. The van der Waals surface area contributed by atoms with Crippen LogP contribution in [0.4, 0.5) is 39.5 Å². The number of carbonyl (C=O) groups is 1. The highest BCUT2D eigenvalue weighted by molar-refractivity contribution is 8.30. The third-order valence-electron chi connectivity index (χ3n) is 4.42. The maximum Gasteiger partial charge on any atom is 0.317 e. The molecule has 0 aliphatic carbocycles. The number of hydrogen-bond donors (Lipinski definition) is 0. The molecule has 0 atom stereocenters. The third-order valence-corrected chi connectivity index (χ3v) is 7.75. The summed E-state index contributed by atoms with van der Waals surface area (Å²) < 4.78 is 136. The predicted molar refractivity (Wildman–Crippen MR) is 102 cm³/mol. The summed E-state index contributed by atoms with van der Waals surface area (Å²) in [4.78, 5) is 7.63. The Labute approximate surface area is 188 Å². The van der Waals surface area contributed by atoms with Crippen LogP contribution in [-0.4, -0.2) is 5.97 Å². The van der Waals surface area contributed by atoms with E-state index in [9.17, 15) is 18.0 Å². The minimum absolute atomic E-state index is 0.0193. The van der Waals surface area contributed by atoms with Gasteiger partial charge in [-0.1, -0.05) is 6.92 Å². The van der Waals surface area contributed by atoms with E-state index in [4.69, 9.17) is 4.18 Å². The standard InChI is InChI=1S/C22H13F9O2S/c1-2-3-19(32)33-34(20-13(26)4-10(23)5-14(20)27,21-15(28)6-11(24)7-16(21)29)22-17(30)8-12(25)9-18(22)31/h4-9H,2-3H2,1H3. The van der Waals surface area contributed by atoms with Gasteiger partial charge in [0.1, 0.15) is 67.0 Å². The minimum Gasteiger partial charge on any atom is -0.401 e. The molecule has 3 rings (SSSR count). The van der Waals surface area contributed by atoms with Gasteiger partial charge in [0.25, 0.3) is 0 Å². The molecule has 3 aromatic carbocycles. The summed E-state index contributed by atoms with van der Waals surface area (Å²) in [6.07, 6.45) is -0.528. The van der Waals surface area contributed by atoms with Crippen LogP contribution in [0.3, 0.4) is 0 Å². The summed E-state index contributed by atoms with van der Waals surface area (Å²) in [6, 6.07) is 0.122. The molecule has 3 aromatic rings. The van der Waals surface area contributed by atoms with Gasteiger partial charge in [0.15, 0.2) is 0 Å². The van der Waals surface area contributed by atoms with Crippen molar-refractivity contribution < 1.29 is 48.5 Å². The molecule has 0 amide bonds. The zero-order chi connectivity index (χ0) is 25.4. The van der Waals surface area contributed by atoms with E-state index in [1.54, 1.807) is 0 Å². The van der Waals surface area contributed by atoms with E-state index in [0.717, 1.165) is 0 Å². The molecule has 0 saturated heterocycles. The molecule has 0 fully saturated rings. The van der Waals surface area contributed by atoms with Crippen molar-refractivity contribution in [3.8, 4) is 0 Å². The molecule has 0 aromatic heterocycles. The van der Waals surface area contributed by atoms with E-state index >= 15 is 26.3 Å². The van der Waals surface area contributed by atoms with Gasteiger partial charge < -0.3 is 4.18 Å². The van der Waals surface area contributed by atoms with Gasteiger partial charge in [-0.25, -0.2) is 39.5 Å². The minimum atomic E-state index is -5.09. The Kier molecular flexibility index (Phi) is 7.20. The van der Waals surface area contributed by atoms with Crippen molar-refractivity contribution in [3.05, 3.63) is 88.8 Å². The van der Waals surface area contributed by atoms with Crippen LogP contribution < -0.4 is 0 Å². The van der Waals surface area contributed by atoms with Gasteiger partial charge in [0, 0.05) is 53.1 Å². The lowest BCUT2D eigenvalue weighted by Crippen LogP contribution is -2.20. The van der Waals surface area contributed by atoms with Crippen molar-refractivity contribution in [2.24, 2.45) is 0 Å². The molecule has 0 saturated carbocycles. The molecule has 0 heterocycles. The van der Waals surface area contributed by atoms with Gasteiger partial charge in [-0.2, -0.15) is 0 Å². The Balaban J connectivity index is 2.64. The SMILES string of the molecule is CCCC(=O)OS(c1c(F)cc(F)cc1F)(c1c(F)cc(F)cc1F)c1c(F)cc(F)cc1F. The summed E-state index contributed by atoms with van der Waals surface area (Å²) in [5.41, 5.74) is 0. The maximum absolute atomic E-state index is 15.0. The maximum atomic E-state index is 15.0. The normalized spacial score (nSPS) is 12.1. The van der Waals surface area contributed by atoms with E-state index in [1.807, 2.05) is 0 Å². The van der Waals surface area contributed by atoms with Gasteiger partial charge in [-0.3, -0.25) is 4.79 Å². The van der Waals surface area contributed by atoms with Gasteiger partial charge in [0.2, 0.25) is 0 Å². The van der Waals surface area contributed by atoms with Crippen molar-refractivity contribution in [3.63, 3.8) is 0 Å². The highest BCUT2D eigenvalue weighted by atomic mass is 32.3. The number of halogens is 9. The summed E-state index contributed by atoms with van der Waals surface area (Å²) in [6.45, 7) is 1.44. The van der Waals surface area contributed by atoms with Crippen molar-refractivity contribution in [1.82, 2.24) is 0 Å². The van der Waals surface area contributed by atoms with Crippen LogP contribution in [0.5, 0.6) is 0 Å². The zero-order valence-corrected chi connectivity index (χ0v) is 17.8. The van der Waals surface area contributed by atoms with E-state index in [2.05, 4.69) is 0 Å². The first-order valence-corrected chi connectivity index (χ1v) is 11.0.